The predicted octanol–water partition coefficient (Wildman–Crippen LogP) is 0.591. The maximum Gasteiger partial charge on any atom is 0.326 e. The van der Waals surface area contributed by atoms with Gasteiger partial charge in [0.25, 0.3) is 0 Å². The third kappa shape index (κ3) is 2.16. The van der Waals surface area contributed by atoms with Crippen molar-refractivity contribution in [3.05, 3.63) is 0 Å². The van der Waals surface area contributed by atoms with E-state index in [-0.39, 0.29) is 24.0 Å². The zero-order valence-electron chi connectivity index (χ0n) is 10.3. The molecule has 2 N–H and O–H groups in total. The quantitative estimate of drug-likeness (QED) is 0.741. The van der Waals surface area contributed by atoms with Crippen molar-refractivity contribution in [3.63, 3.8) is 0 Å². The van der Waals surface area contributed by atoms with Gasteiger partial charge in [0.1, 0.15) is 6.04 Å². The summed E-state index contributed by atoms with van der Waals surface area (Å²) in [7, 11) is 0. The summed E-state index contributed by atoms with van der Waals surface area (Å²) < 4.78 is 0. The summed E-state index contributed by atoms with van der Waals surface area (Å²) in [5.41, 5.74) is 0. The van der Waals surface area contributed by atoms with E-state index in [1.807, 2.05) is 6.92 Å². The first-order valence-corrected chi connectivity index (χ1v) is 6.33. The first kappa shape index (κ1) is 12.4. The number of amides is 1. The lowest BCUT2D eigenvalue weighted by molar-refractivity contribution is -0.156. The molecule has 1 amide bonds. The van der Waals surface area contributed by atoms with Crippen molar-refractivity contribution in [2.45, 2.75) is 63.7 Å². The van der Waals surface area contributed by atoms with Crippen molar-refractivity contribution < 1.29 is 14.7 Å². The number of hydrogen-bond donors (Lipinski definition) is 2. The molecule has 1 aliphatic carbocycles. The van der Waals surface area contributed by atoms with Crippen LogP contribution in [-0.2, 0) is 9.59 Å². The van der Waals surface area contributed by atoms with Crippen molar-refractivity contribution >= 4 is 11.9 Å². The van der Waals surface area contributed by atoms with Crippen molar-refractivity contribution in [1.82, 2.24) is 10.2 Å². The predicted molar refractivity (Wildman–Crippen MR) is 62.6 cm³/mol. The van der Waals surface area contributed by atoms with E-state index in [4.69, 9.17) is 5.11 Å². The Bertz CT molecular complexity index is 332. The molecule has 17 heavy (non-hydrogen) atoms. The fraction of sp³-hybridized carbons (Fsp3) is 0.833. The Morgan fingerprint density at radius 2 is 2.12 bits per heavy atom. The van der Waals surface area contributed by atoms with Crippen LogP contribution in [0.2, 0.25) is 0 Å². The van der Waals surface area contributed by atoms with Crippen molar-refractivity contribution in [2.24, 2.45) is 0 Å². The molecule has 4 atom stereocenters. The van der Waals surface area contributed by atoms with E-state index in [0.29, 0.717) is 0 Å². The van der Waals surface area contributed by atoms with E-state index in [2.05, 4.69) is 5.32 Å². The minimum atomic E-state index is -0.920. The number of nitrogens with zero attached hydrogens (tertiary/aromatic N) is 1. The molecule has 0 aromatic rings. The molecule has 2 rings (SSSR count). The van der Waals surface area contributed by atoms with Gasteiger partial charge >= 0.3 is 5.97 Å². The number of carbonyl (C=O) groups is 2. The number of carboxylic acids is 1. The Balaban J connectivity index is 2.24. The molecule has 4 unspecified atom stereocenters. The molecule has 0 bridgehead atoms. The zero-order valence-corrected chi connectivity index (χ0v) is 10.3. The number of hydrogen-bond acceptors (Lipinski definition) is 3. The van der Waals surface area contributed by atoms with Gasteiger partial charge < -0.3 is 15.3 Å². The Morgan fingerprint density at radius 1 is 1.47 bits per heavy atom. The maximum atomic E-state index is 12.1. The van der Waals surface area contributed by atoms with Gasteiger partial charge in [-0.3, -0.25) is 4.79 Å². The normalized spacial score (nSPS) is 35.3. The molecule has 2 fully saturated rings. The highest BCUT2D eigenvalue weighted by molar-refractivity contribution is 5.87. The molecule has 5 heteroatoms. The third-order valence-corrected chi connectivity index (χ3v) is 3.95. The van der Waals surface area contributed by atoms with E-state index in [9.17, 15) is 9.59 Å². The summed E-state index contributed by atoms with van der Waals surface area (Å²) in [4.78, 5) is 24.8. The molecule has 96 valence electrons. The molecule has 1 saturated heterocycles. The molecule has 0 spiro atoms. The topological polar surface area (TPSA) is 69.6 Å². The number of rotatable bonds is 2. The molecule has 1 heterocycles. The summed E-state index contributed by atoms with van der Waals surface area (Å²) >= 11 is 0. The van der Waals surface area contributed by atoms with Gasteiger partial charge in [-0.2, -0.15) is 0 Å². The van der Waals surface area contributed by atoms with E-state index in [0.717, 1.165) is 25.7 Å². The van der Waals surface area contributed by atoms with Gasteiger partial charge in [-0.1, -0.05) is 12.8 Å². The Kier molecular flexibility index (Phi) is 3.38. The average Bonchev–Trinajstić information content (AvgIpc) is 2.30. The number of nitrogens with one attached hydrogen (secondary N) is 1. The SMILES string of the molecule is CC1NC2CCCCC2N(C(C)C(=O)O)C1=O. The molecule has 0 aromatic heterocycles. The van der Waals surface area contributed by atoms with Crippen LogP contribution in [0.4, 0.5) is 0 Å². The Hall–Kier alpha value is -1.10. The summed E-state index contributed by atoms with van der Waals surface area (Å²) in [6, 6.07) is -0.675. The van der Waals surface area contributed by atoms with Gasteiger partial charge in [-0.05, 0) is 26.7 Å². The van der Waals surface area contributed by atoms with Crippen LogP contribution < -0.4 is 5.32 Å². The summed E-state index contributed by atoms with van der Waals surface area (Å²) in [5, 5.41) is 12.4. The Morgan fingerprint density at radius 3 is 2.76 bits per heavy atom. The summed E-state index contributed by atoms with van der Waals surface area (Å²) in [6.07, 6.45) is 4.18. The molecule has 1 aliphatic heterocycles. The zero-order chi connectivity index (χ0) is 12.6. The number of aliphatic carboxylic acids is 1. The largest absolute Gasteiger partial charge is 0.480 e. The molecule has 1 saturated carbocycles. The molecule has 0 radical (unpaired) electrons. The van der Waals surface area contributed by atoms with Crippen LogP contribution in [0.3, 0.4) is 0 Å². The first-order valence-electron chi connectivity index (χ1n) is 6.33. The average molecular weight is 240 g/mol. The standard InChI is InChI=1S/C12H20N2O3/c1-7-11(15)14(8(2)12(16)17)10-6-4-3-5-9(10)13-7/h7-10,13H,3-6H2,1-2H3,(H,16,17). The van der Waals surface area contributed by atoms with Crippen molar-refractivity contribution in [3.8, 4) is 0 Å². The van der Waals surface area contributed by atoms with Gasteiger partial charge in [-0.15, -0.1) is 0 Å². The third-order valence-electron chi connectivity index (χ3n) is 3.95. The highest BCUT2D eigenvalue weighted by Crippen LogP contribution is 2.29. The number of carbonyl (C=O) groups excluding carboxylic acids is 1. The minimum absolute atomic E-state index is 0.0542. The first-order chi connectivity index (χ1) is 8.02. The van der Waals surface area contributed by atoms with E-state index in [1.165, 1.54) is 0 Å². The number of piperazine rings is 1. The summed E-state index contributed by atoms with van der Waals surface area (Å²) in [5.74, 6) is -1.00. The maximum absolute atomic E-state index is 12.1. The fourth-order valence-electron chi connectivity index (χ4n) is 3.02. The van der Waals surface area contributed by atoms with Crippen LogP contribution in [0.5, 0.6) is 0 Å². The molecule has 0 aromatic carbocycles. The van der Waals surface area contributed by atoms with Gasteiger partial charge in [0, 0.05) is 12.1 Å². The van der Waals surface area contributed by atoms with Crippen LogP contribution in [0.1, 0.15) is 39.5 Å². The number of carboxylic acid groups (broad SMARTS) is 1. The summed E-state index contributed by atoms with van der Waals surface area (Å²) in [6.45, 7) is 3.42. The second-order valence-electron chi connectivity index (χ2n) is 5.11. The van der Waals surface area contributed by atoms with Gasteiger partial charge in [0.15, 0.2) is 0 Å². The van der Waals surface area contributed by atoms with Crippen LogP contribution in [-0.4, -0.2) is 46.1 Å². The number of fused-ring (bicyclic) bond motifs is 1. The second kappa shape index (κ2) is 4.64. The van der Waals surface area contributed by atoms with Gasteiger partial charge in [-0.25, -0.2) is 4.79 Å². The van der Waals surface area contributed by atoms with Crippen molar-refractivity contribution in [1.29, 1.82) is 0 Å². The lowest BCUT2D eigenvalue weighted by Gasteiger charge is -2.48. The van der Waals surface area contributed by atoms with Crippen molar-refractivity contribution in [2.75, 3.05) is 0 Å². The van der Waals surface area contributed by atoms with E-state index >= 15 is 0 Å². The highest BCUT2D eigenvalue weighted by Gasteiger charge is 2.43. The molecule has 5 nitrogen and oxygen atoms in total. The lowest BCUT2D eigenvalue weighted by Crippen LogP contribution is -2.68. The minimum Gasteiger partial charge on any atom is -0.480 e. The van der Waals surface area contributed by atoms with Crippen LogP contribution in [0.25, 0.3) is 0 Å². The molecule has 2 aliphatic rings. The molecular weight excluding hydrogens is 220 g/mol. The van der Waals surface area contributed by atoms with Crippen LogP contribution in [0.15, 0.2) is 0 Å². The lowest BCUT2D eigenvalue weighted by atomic mass is 9.85. The van der Waals surface area contributed by atoms with E-state index in [1.54, 1.807) is 11.8 Å². The van der Waals surface area contributed by atoms with Gasteiger partial charge in [0.2, 0.25) is 5.91 Å². The fourth-order valence-corrected chi connectivity index (χ4v) is 3.02. The van der Waals surface area contributed by atoms with Crippen LogP contribution >= 0.6 is 0 Å². The van der Waals surface area contributed by atoms with Crippen LogP contribution in [0, 0.1) is 0 Å². The smallest absolute Gasteiger partial charge is 0.326 e. The second-order valence-corrected chi connectivity index (χ2v) is 5.11. The van der Waals surface area contributed by atoms with E-state index < -0.39 is 12.0 Å². The van der Waals surface area contributed by atoms with Gasteiger partial charge in [0.05, 0.1) is 6.04 Å². The Labute approximate surface area is 101 Å². The molecular formula is C12H20N2O3. The monoisotopic (exact) mass is 240 g/mol. The highest BCUT2D eigenvalue weighted by atomic mass is 16.4.